The molecule has 8 heteroatoms. The maximum absolute atomic E-state index is 11.8. The van der Waals surface area contributed by atoms with Gasteiger partial charge in [-0.05, 0) is 80.9 Å². The zero-order valence-corrected chi connectivity index (χ0v) is 23.1. The first kappa shape index (κ1) is 29.3. The largest absolute Gasteiger partial charge is 0.491 e. The summed E-state index contributed by atoms with van der Waals surface area (Å²) in [7, 11) is 0. The molecule has 0 unspecified atom stereocenters. The third-order valence-electron chi connectivity index (χ3n) is 7.37. The van der Waals surface area contributed by atoms with Crippen LogP contribution in [0.2, 0.25) is 0 Å². The fourth-order valence-corrected chi connectivity index (χ4v) is 5.78. The number of carboxylic acids is 2. The monoisotopic (exact) mass is 578 g/mol. The minimum atomic E-state index is -1.14. The van der Waals surface area contributed by atoms with Gasteiger partial charge in [-0.15, -0.1) is 0 Å². The number of ether oxygens (including phenoxy) is 2. The molecular formula is C35H30O8. The number of aliphatic hydroxyl groups excluding tert-OH is 2. The SMILES string of the molecule is O=C(O)C=Cc1ccc2c(c1C=CC(=O)O)C(c1ccc(OCCO)cc1)(c1ccc(OCCO)cc1)c1ccccc1-2. The van der Waals surface area contributed by atoms with Gasteiger partial charge in [0.2, 0.25) is 0 Å². The van der Waals surface area contributed by atoms with Crippen LogP contribution in [-0.4, -0.2) is 58.8 Å². The quantitative estimate of drug-likeness (QED) is 0.152. The van der Waals surface area contributed by atoms with Crippen LogP contribution in [0.1, 0.15) is 33.4 Å². The highest BCUT2D eigenvalue weighted by atomic mass is 16.5. The van der Waals surface area contributed by atoms with E-state index in [1.54, 1.807) is 6.07 Å². The van der Waals surface area contributed by atoms with Crippen LogP contribution < -0.4 is 9.47 Å². The minimum absolute atomic E-state index is 0.122. The van der Waals surface area contributed by atoms with Gasteiger partial charge in [0, 0.05) is 12.2 Å². The first-order chi connectivity index (χ1) is 20.9. The lowest BCUT2D eigenvalue weighted by molar-refractivity contribution is -0.132. The molecule has 43 heavy (non-hydrogen) atoms. The van der Waals surface area contributed by atoms with Crippen molar-refractivity contribution in [3.63, 3.8) is 0 Å². The molecule has 4 aromatic carbocycles. The van der Waals surface area contributed by atoms with Crippen LogP contribution in [0.15, 0.2) is 97.1 Å². The summed E-state index contributed by atoms with van der Waals surface area (Å²) < 4.78 is 11.3. The van der Waals surface area contributed by atoms with Gasteiger partial charge in [-0.3, -0.25) is 0 Å². The number of aliphatic carboxylic acids is 2. The van der Waals surface area contributed by atoms with E-state index < -0.39 is 17.4 Å². The summed E-state index contributed by atoms with van der Waals surface area (Å²) in [4.78, 5) is 23.2. The summed E-state index contributed by atoms with van der Waals surface area (Å²) in [5, 5.41) is 37.5. The molecule has 1 aliphatic carbocycles. The number of fused-ring (bicyclic) bond motifs is 3. The highest BCUT2D eigenvalue weighted by Crippen LogP contribution is 2.58. The van der Waals surface area contributed by atoms with Crippen molar-refractivity contribution in [2.45, 2.75) is 5.41 Å². The topological polar surface area (TPSA) is 134 Å². The van der Waals surface area contributed by atoms with Gasteiger partial charge in [-0.2, -0.15) is 0 Å². The molecule has 0 heterocycles. The number of rotatable bonds is 12. The van der Waals surface area contributed by atoms with E-state index in [1.165, 1.54) is 12.2 Å². The van der Waals surface area contributed by atoms with Gasteiger partial charge in [0.05, 0.1) is 18.6 Å². The van der Waals surface area contributed by atoms with Crippen molar-refractivity contribution in [1.82, 2.24) is 0 Å². The van der Waals surface area contributed by atoms with Gasteiger partial charge in [-0.25, -0.2) is 9.59 Å². The lowest BCUT2D eigenvalue weighted by Gasteiger charge is -2.35. The van der Waals surface area contributed by atoms with Gasteiger partial charge in [0.25, 0.3) is 0 Å². The average molecular weight is 579 g/mol. The number of hydrogen-bond donors (Lipinski definition) is 4. The zero-order valence-electron chi connectivity index (χ0n) is 23.1. The summed E-state index contributed by atoms with van der Waals surface area (Å²) in [6, 6.07) is 26.8. The van der Waals surface area contributed by atoms with Gasteiger partial charge < -0.3 is 29.9 Å². The Bertz CT molecular complexity index is 1630. The molecule has 4 aromatic rings. The van der Waals surface area contributed by atoms with Gasteiger partial charge in [0.1, 0.15) is 24.7 Å². The third-order valence-corrected chi connectivity index (χ3v) is 7.37. The summed E-state index contributed by atoms with van der Waals surface area (Å²) in [6.45, 7) is 0.0514. The number of hydrogen-bond acceptors (Lipinski definition) is 6. The Morgan fingerprint density at radius 2 is 1.19 bits per heavy atom. The van der Waals surface area contributed by atoms with Crippen molar-refractivity contribution >= 4 is 24.1 Å². The fourth-order valence-electron chi connectivity index (χ4n) is 5.78. The molecule has 0 saturated carbocycles. The number of carbonyl (C=O) groups is 2. The molecule has 0 spiro atoms. The number of carboxylic acid groups (broad SMARTS) is 2. The predicted octanol–water partition coefficient (Wildman–Crippen LogP) is 4.99. The minimum Gasteiger partial charge on any atom is -0.491 e. The van der Waals surface area contributed by atoms with Crippen molar-refractivity contribution in [3.05, 3.63) is 130 Å². The Morgan fingerprint density at radius 3 is 1.72 bits per heavy atom. The highest BCUT2D eigenvalue weighted by molar-refractivity contribution is 5.95. The third kappa shape index (κ3) is 5.66. The van der Waals surface area contributed by atoms with Gasteiger partial charge in [0.15, 0.2) is 0 Å². The van der Waals surface area contributed by atoms with Crippen LogP contribution in [0.3, 0.4) is 0 Å². The lowest BCUT2D eigenvalue weighted by atomic mass is 9.66. The molecule has 0 saturated heterocycles. The molecule has 0 bridgehead atoms. The Labute approximate surface area is 248 Å². The van der Waals surface area contributed by atoms with E-state index in [-0.39, 0.29) is 26.4 Å². The molecule has 5 rings (SSSR count). The van der Waals surface area contributed by atoms with Crippen LogP contribution >= 0.6 is 0 Å². The van der Waals surface area contributed by atoms with Crippen LogP contribution in [0.5, 0.6) is 11.5 Å². The molecule has 1 aliphatic rings. The molecule has 0 atom stereocenters. The van der Waals surface area contributed by atoms with Crippen molar-refractivity contribution in [2.24, 2.45) is 0 Å². The summed E-state index contributed by atoms with van der Waals surface area (Å²) >= 11 is 0. The second-order valence-corrected chi connectivity index (χ2v) is 9.82. The summed E-state index contributed by atoms with van der Waals surface area (Å²) in [5.41, 5.74) is 5.48. The highest BCUT2D eigenvalue weighted by Gasteiger charge is 2.47. The lowest BCUT2D eigenvalue weighted by Crippen LogP contribution is -2.29. The van der Waals surface area contributed by atoms with Crippen molar-refractivity contribution in [3.8, 4) is 22.6 Å². The first-order valence-electron chi connectivity index (χ1n) is 13.7. The first-order valence-corrected chi connectivity index (χ1v) is 13.7. The van der Waals surface area contributed by atoms with Crippen molar-refractivity contribution < 1.29 is 39.5 Å². The normalized spacial score (nSPS) is 13.2. The average Bonchev–Trinajstić information content (AvgIpc) is 3.32. The van der Waals surface area contributed by atoms with Gasteiger partial charge >= 0.3 is 11.9 Å². The van der Waals surface area contributed by atoms with Crippen molar-refractivity contribution in [1.29, 1.82) is 0 Å². The van der Waals surface area contributed by atoms with E-state index >= 15 is 0 Å². The molecule has 0 fully saturated rings. The smallest absolute Gasteiger partial charge is 0.328 e. The molecule has 0 radical (unpaired) electrons. The Balaban J connectivity index is 1.88. The molecule has 218 valence electrons. The van der Waals surface area contributed by atoms with E-state index in [1.807, 2.05) is 78.9 Å². The standard InChI is InChI=1S/C35H30O8/c36-19-21-42-26-11-7-24(8-12-26)35(25-9-13-27(14-10-25)43-22-20-37)31-4-2-1-3-29(31)30-15-5-23(6-17-32(38)39)28(34(30)35)16-18-33(40)41/h1-18,36-37H,19-22H2,(H,38,39)(H,40,41). The molecule has 8 nitrogen and oxygen atoms in total. The summed E-state index contributed by atoms with van der Waals surface area (Å²) in [6.07, 6.45) is 5.07. The molecule has 0 amide bonds. The van der Waals surface area contributed by atoms with Crippen molar-refractivity contribution in [2.75, 3.05) is 26.4 Å². The molecule has 4 N–H and O–H groups in total. The second-order valence-electron chi connectivity index (χ2n) is 9.82. The maximum Gasteiger partial charge on any atom is 0.328 e. The van der Waals surface area contributed by atoms with E-state index in [4.69, 9.17) is 9.47 Å². The Kier molecular flexibility index (Phi) is 8.71. The van der Waals surface area contributed by atoms with E-state index in [0.29, 0.717) is 22.6 Å². The maximum atomic E-state index is 11.8. The molecule has 0 aromatic heterocycles. The Hall–Kier alpha value is -5.18. The van der Waals surface area contributed by atoms with Crippen LogP contribution in [0.25, 0.3) is 23.3 Å². The predicted molar refractivity (Wildman–Crippen MR) is 162 cm³/mol. The summed E-state index contributed by atoms with van der Waals surface area (Å²) in [5.74, 6) is -1.10. The molecular weight excluding hydrogens is 548 g/mol. The van der Waals surface area contributed by atoms with Crippen LogP contribution in [-0.2, 0) is 15.0 Å². The fraction of sp³-hybridized carbons (Fsp3) is 0.143. The van der Waals surface area contributed by atoms with Crippen LogP contribution in [0.4, 0.5) is 0 Å². The van der Waals surface area contributed by atoms with E-state index in [0.717, 1.165) is 45.5 Å². The number of benzene rings is 4. The van der Waals surface area contributed by atoms with E-state index in [2.05, 4.69) is 0 Å². The second kappa shape index (κ2) is 12.8. The van der Waals surface area contributed by atoms with Crippen LogP contribution in [0, 0.1) is 0 Å². The van der Waals surface area contributed by atoms with Gasteiger partial charge in [-0.1, -0.05) is 60.7 Å². The Morgan fingerprint density at radius 1 is 0.651 bits per heavy atom. The molecule has 0 aliphatic heterocycles. The van der Waals surface area contributed by atoms with E-state index in [9.17, 15) is 30.0 Å². The number of aliphatic hydroxyl groups is 2. The zero-order chi connectivity index (χ0) is 30.4.